The minimum atomic E-state index is -2.03. The Morgan fingerprint density at radius 1 is 0.750 bits per heavy atom. The van der Waals surface area contributed by atoms with Crippen LogP contribution >= 0.6 is 0 Å². The average Bonchev–Trinajstić information content (AvgIpc) is 2.65. The molecule has 5 heteroatoms. The summed E-state index contributed by atoms with van der Waals surface area (Å²) in [5.74, 6) is -0.217. The highest BCUT2D eigenvalue weighted by molar-refractivity contribution is 6.96. The van der Waals surface area contributed by atoms with E-state index in [1.54, 1.807) is 0 Å². The number of anilines is 1. The fourth-order valence-electron chi connectivity index (χ4n) is 7.15. The molecule has 1 N–H and O–H groups in total. The van der Waals surface area contributed by atoms with E-state index in [0.717, 1.165) is 16.8 Å². The van der Waals surface area contributed by atoms with E-state index in [2.05, 4.69) is 100 Å². The number of esters is 1. The highest BCUT2D eigenvalue weighted by Gasteiger charge is 2.49. The molecule has 0 amide bonds. The van der Waals surface area contributed by atoms with Gasteiger partial charge in [0.15, 0.2) is 8.24 Å². The van der Waals surface area contributed by atoms with Gasteiger partial charge in [0.25, 0.3) is 0 Å². The lowest BCUT2D eigenvalue weighted by Crippen LogP contribution is -2.59. The molecular formula is C27H51NO2Si2. The minimum absolute atomic E-state index is 0.217. The number of ether oxygens (including phenoxy) is 1. The van der Waals surface area contributed by atoms with Crippen molar-refractivity contribution in [3.8, 4) is 0 Å². The van der Waals surface area contributed by atoms with Gasteiger partial charge < -0.3 is 9.72 Å². The second-order valence-electron chi connectivity index (χ2n) is 11.6. The van der Waals surface area contributed by atoms with Crippen LogP contribution < -0.4 is 10.2 Å². The van der Waals surface area contributed by atoms with E-state index in [4.69, 9.17) is 4.74 Å². The molecule has 0 saturated carbocycles. The molecule has 0 atom stereocenters. The first-order chi connectivity index (χ1) is 14.6. The molecule has 0 fully saturated rings. The van der Waals surface area contributed by atoms with Gasteiger partial charge in [0.05, 0.1) is 20.7 Å². The van der Waals surface area contributed by atoms with Crippen LogP contribution in [0.3, 0.4) is 0 Å². The molecule has 0 aliphatic carbocycles. The topological polar surface area (TPSA) is 38.3 Å². The molecule has 0 aromatic heterocycles. The maximum Gasteiger partial charge on any atom is 0.340 e. The first kappa shape index (κ1) is 29.0. The molecule has 184 valence electrons. The van der Waals surface area contributed by atoms with E-state index in [1.165, 1.54) is 12.3 Å². The van der Waals surface area contributed by atoms with Gasteiger partial charge in [0.1, 0.15) is 0 Å². The number of aryl methyl sites for hydroxylation is 1. The molecule has 32 heavy (non-hydrogen) atoms. The van der Waals surface area contributed by atoms with Gasteiger partial charge >= 0.3 is 5.97 Å². The van der Waals surface area contributed by atoms with Crippen molar-refractivity contribution in [1.82, 2.24) is 0 Å². The summed E-state index contributed by atoms with van der Waals surface area (Å²) < 4.78 is 5.35. The summed E-state index contributed by atoms with van der Waals surface area (Å²) in [6, 6.07) is 4.52. The van der Waals surface area contributed by atoms with Gasteiger partial charge in [-0.2, -0.15) is 0 Å². The maximum absolute atomic E-state index is 13.2. The van der Waals surface area contributed by atoms with Crippen LogP contribution in [0.15, 0.2) is 12.1 Å². The lowest BCUT2D eigenvalue weighted by Gasteiger charge is -2.49. The molecule has 3 nitrogen and oxygen atoms in total. The highest BCUT2D eigenvalue weighted by atomic mass is 28.3. The first-order valence-electron chi connectivity index (χ1n) is 12.6. The Balaban J connectivity index is 4.21. The van der Waals surface area contributed by atoms with Gasteiger partial charge in [-0.25, -0.2) is 4.79 Å². The van der Waals surface area contributed by atoms with E-state index in [9.17, 15) is 4.79 Å². The van der Waals surface area contributed by atoms with Crippen LogP contribution in [0, 0.1) is 6.92 Å². The third kappa shape index (κ3) is 4.75. The monoisotopic (exact) mass is 478 g/mol. The number of hydrogen-bond donors (Lipinski definition) is 1. The van der Waals surface area contributed by atoms with Crippen LogP contribution in [-0.2, 0) is 4.74 Å². The van der Waals surface area contributed by atoms with E-state index >= 15 is 0 Å². The number of carbonyl (C=O) groups is 1. The molecule has 1 rings (SSSR count). The number of benzene rings is 1. The van der Waals surface area contributed by atoms with Gasteiger partial charge in [-0.15, -0.1) is 0 Å². The second-order valence-corrected chi connectivity index (χ2v) is 23.0. The molecule has 0 bridgehead atoms. The standard InChI is InChI=1S/C27H51NO2Si2/c1-17(2)31(18(3)4,19(5)6)24-16-15-23(13)25(27(29)30-14)26(24)28-32(20(7)8,21(9)10)22(11)12/h15-22,28H,1-14H3/i15+1. The van der Waals surface area contributed by atoms with E-state index in [1.807, 2.05) is 6.92 Å². The first-order valence-corrected chi connectivity index (χ1v) is 17.1. The van der Waals surface area contributed by atoms with Crippen molar-refractivity contribution < 1.29 is 9.53 Å². The summed E-state index contributed by atoms with van der Waals surface area (Å²) in [6.45, 7) is 30.6. The van der Waals surface area contributed by atoms with Crippen molar-refractivity contribution in [2.75, 3.05) is 12.1 Å². The van der Waals surface area contributed by atoms with Gasteiger partial charge in [-0.3, -0.25) is 0 Å². The van der Waals surface area contributed by atoms with Crippen LogP contribution in [-0.4, -0.2) is 29.4 Å². The Morgan fingerprint density at radius 3 is 1.47 bits per heavy atom. The van der Waals surface area contributed by atoms with Crippen molar-refractivity contribution in [2.45, 2.75) is 123 Å². The average molecular weight is 479 g/mol. The summed E-state index contributed by atoms with van der Waals surface area (Å²) >= 11 is 0. The van der Waals surface area contributed by atoms with Crippen LogP contribution in [0.1, 0.15) is 99.0 Å². The van der Waals surface area contributed by atoms with E-state index < -0.39 is 16.3 Å². The molecule has 0 radical (unpaired) electrons. The Morgan fingerprint density at radius 2 is 1.16 bits per heavy atom. The summed E-state index contributed by atoms with van der Waals surface area (Å²) in [6.07, 6.45) is 0. The Hall–Kier alpha value is -1.08. The Labute approximate surface area is 201 Å². The summed E-state index contributed by atoms with van der Waals surface area (Å²) in [7, 11) is -2.54. The van der Waals surface area contributed by atoms with Crippen molar-refractivity contribution >= 4 is 33.2 Å². The molecular weight excluding hydrogens is 427 g/mol. The number of carbonyl (C=O) groups excluding carboxylic acids is 1. The SMILES string of the molecule is COC(=O)c1c(C)[13cH]cc([Si](C(C)C)(C(C)C)C(C)C)c1N[Si](C(C)C)(C(C)C)C(C)C. The van der Waals surface area contributed by atoms with Gasteiger partial charge in [-0.05, 0) is 50.9 Å². The lowest BCUT2D eigenvalue weighted by atomic mass is 10.1. The number of methoxy groups -OCH3 is 1. The molecule has 0 heterocycles. The van der Waals surface area contributed by atoms with Crippen molar-refractivity contribution in [3.05, 3.63) is 23.3 Å². The van der Waals surface area contributed by atoms with Gasteiger partial charge in [0, 0.05) is 5.69 Å². The van der Waals surface area contributed by atoms with Crippen LogP contribution in [0.4, 0.5) is 5.69 Å². The van der Waals surface area contributed by atoms with Gasteiger partial charge in [-0.1, -0.05) is 95.2 Å². The largest absolute Gasteiger partial charge is 0.465 e. The predicted molar refractivity (Wildman–Crippen MR) is 148 cm³/mol. The Kier molecular flexibility index (Phi) is 9.86. The number of nitrogens with one attached hydrogen (secondary N) is 1. The zero-order valence-corrected chi connectivity index (χ0v) is 25.4. The predicted octanol–water partition coefficient (Wildman–Crippen LogP) is 8.25. The van der Waals surface area contributed by atoms with Crippen molar-refractivity contribution in [1.29, 1.82) is 0 Å². The fourth-order valence-corrected chi connectivity index (χ4v) is 19.7. The molecule has 0 aliphatic heterocycles. The highest BCUT2D eigenvalue weighted by Crippen LogP contribution is 2.46. The number of rotatable bonds is 10. The molecule has 0 aliphatic rings. The molecule has 1 aromatic rings. The molecule has 0 spiro atoms. The number of hydrogen-bond acceptors (Lipinski definition) is 3. The summed E-state index contributed by atoms with van der Waals surface area (Å²) in [4.78, 5) is 17.4. The summed E-state index contributed by atoms with van der Waals surface area (Å²) in [5.41, 5.74) is 6.14. The van der Waals surface area contributed by atoms with Crippen molar-refractivity contribution in [2.24, 2.45) is 0 Å². The molecule has 0 unspecified atom stereocenters. The molecule has 0 saturated heterocycles. The van der Waals surface area contributed by atoms with E-state index in [0.29, 0.717) is 33.2 Å². The molecule has 1 aromatic carbocycles. The van der Waals surface area contributed by atoms with Gasteiger partial charge in [0.2, 0.25) is 0 Å². The second kappa shape index (κ2) is 10.9. The zero-order chi connectivity index (χ0) is 25.2. The summed E-state index contributed by atoms with van der Waals surface area (Å²) in [5, 5.41) is 1.42. The van der Waals surface area contributed by atoms with E-state index in [-0.39, 0.29) is 5.97 Å². The zero-order valence-electron chi connectivity index (χ0n) is 23.4. The third-order valence-corrected chi connectivity index (χ3v) is 21.8. The minimum Gasteiger partial charge on any atom is -0.465 e. The lowest BCUT2D eigenvalue weighted by molar-refractivity contribution is 0.0601. The fraction of sp³-hybridized carbons (Fsp3) is 0.741. The van der Waals surface area contributed by atoms with Crippen molar-refractivity contribution in [3.63, 3.8) is 0 Å². The third-order valence-electron chi connectivity index (χ3n) is 8.34. The van der Waals surface area contributed by atoms with Crippen LogP contribution in [0.2, 0.25) is 33.2 Å². The maximum atomic E-state index is 13.2. The Bertz CT molecular complexity index is 739. The van der Waals surface area contributed by atoms with Crippen LogP contribution in [0.5, 0.6) is 0 Å². The quantitative estimate of drug-likeness (QED) is 0.272. The van der Waals surface area contributed by atoms with Crippen LogP contribution in [0.25, 0.3) is 0 Å². The normalized spacial score (nSPS) is 13.2. The smallest absolute Gasteiger partial charge is 0.340 e.